The Kier molecular flexibility index (Phi) is 2.19. The standard InChI is InChI=1S/C10H7FN2O3/c11-5-1-2-7-6(3-5)9(15)10(16)13(7)4-8(12)14/h1-3H,4H2,(H2,12,14). The van der Waals surface area contributed by atoms with Crippen LogP contribution in [0.15, 0.2) is 18.2 Å². The fourth-order valence-corrected chi connectivity index (χ4v) is 1.59. The first-order valence-corrected chi connectivity index (χ1v) is 4.45. The molecule has 6 heteroatoms. The molecule has 1 aliphatic rings. The number of hydrogen-bond acceptors (Lipinski definition) is 3. The Hall–Kier alpha value is -2.24. The minimum Gasteiger partial charge on any atom is -0.368 e. The molecule has 1 aromatic rings. The number of amides is 2. The Morgan fingerprint density at radius 2 is 2.06 bits per heavy atom. The minimum absolute atomic E-state index is 0.0359. The van der Waals surface area contributed by atoms with Crippen LogP contribution in [0.25, 0.3) is 0 Å². The van der Waals surface area contributed by atoms with Gasteiger partial charge in [0.2, 0.25) is 5.91 Å². The highest BCUT2D eigenvalue weighted by Crippen LogP contribution is 2.28. The summed E-state index contributed by atoms with van der Waals surface area (Å²) in [6.45, 7) is -0.386. The van der Waals surface area contributed by atoms with Crippen LogP contribution in [0.5, 0.6) is 0 Å². The van der Waals surface area contributed by atoms with Crippen molar-refractivity contribution in [2.24, 2.45) is 5.73 Å². The summed E-state index contributed by atoms with van der Waals surface area (Å²) in [5, 5.41) is 0. The quantitative estimate of drug-likeness (QED) is 0.706. The first-order chi connectivity index (χ1) is 7.50. The second-order valence-electron chi connectivity index (χ2n) is 3.35. The molecule has 2 N–H and O–H groups in total. The second kappa shape index (κ2) is 3.41. The number of ketones is 1. The zero-order chi connectivity index (χ0) is 11.9. The molecule has 16 heavy (non-hydrogen) atoms. The van der Waals surface area contributed by atoms with Gasteiger partial charge in [0.1, 0.15) is 12.4 Å². The predicted octanol–water partition coefficient (Wildman–Crippen LogP) is -0.160. The molecule has 0 unspecified atom stereocenters. The van der Waals surface area contributed by atoms with E-state index in [-0.39, 0.29) is 17.8 Å². The molecule has 0 saturated heterocycles. The van der Waals surface area contributed by atoms with Gasteiger partial charge in [-0.25, -0.2) is 4.39 Å². The summed E-state index contributed by atoms with van der Waals surface area (Å²) in [5.41, 5.74) is 5.13. The number of nitrogens with two attached hydrogens (primary N) is 1. The van der Waals surface area contributed by atoms with Crippen LogP contribution in [0.3, 0.4) is 0 Å². The fourth-order valence-electron chi connectivity index (χ4n) is 1.59. The maximum atomic E-state index is 12.9. The summed E-state index contributed by atoms with van der Waals surface area (Å²) in [5.74, 6) is -3.03. The number of Topliss-reactive ketones (excluding diaryl/α,β-unsaturated/α-hetero) is 1. The Balaban J connectivity index is 2.50. The number of hydrogen-bond donors (Lipinski definition) is 1. The molecular formula is C10H7FN2O3. The molecule has 0 spiro atoms. The lowest BCUT2D eigenvalue weighted by atomic mass is 10.1. The molecule has 0 radical (unpaired) electrons. The van der Waals surface area contributed by atoms with Gasteiger partial charge >= 0.3 is 0 Å². The maximum Gasteiger partial charge on any atom is 0.299 e. The van der Waals surface area contributed by atoms with Crippen molar-refractivity contribution in [3.8, 4) is 0 Å². The van der Waals surface area contributed by atoms with Gasteiger partial charge in [-0.15, -0.1) is 0 Å². The van der Waals surface area contributed by atoms with Crippen LogP contribution < -0.4 is 10.6 Å². The van der Waals surface area contributed by atoms with Gasteiger partial charge in [0.05, 0.1) is 11.3 Å². The summed E-state index contributed by atoms with van der Waals surface area (Å²) < 4.78 is 12.9. The van der Waals surface area contributed by atoms with Crippen LogP contribution in [0, 0.1) is 5.82 Å². The topological polar surface area (TPSA) is 80.5 Å². The van der Waals surface area contributed by atoms with Crippen LogP contribution >= 0.6 is 0 Å². The molecule has 5 nitrogen and oxygen atoms in total. The highest BCUT2D eigenvalue weighted by Gasteiger charge is 2.36. The SMILES string of the molecule is NC(=O)CN1C(=O)C(=O)c2cc(F)ccc21. The Morgan fingerprint density at radius 3 is 2.69 bits per heavy atom. The average Bonchev–Trinajstić information content (AvgIpc) is 2.43. The molecular weight excluding hydrogens is 215 g/mol. The number of halogens is 1. The molecule has 0 aliphatic carbocycles. The summed E-state index contributed by atoms with van der Waals surface area (Å²) in [4.78, 5) is 34.6. The van der Waals surface area contributed by atoms with Crippen molar-refractivity contribution in [3.05, 3.63) is 29.6 Å². The molecule has 2 amide bonds. The van der Waals surface area contributed by atoms with E-state index in [0.29, 0.717) is 0 Å². The third-order valence-corrected chi connectivity index (χ3v) is 2.25. The molecule has 2 rings (SSSR count). The molecule has 82 valence electrons. The van der Waals surface area contributed by atoms with Crippen molar-refractivity contribution < 1.29 is 18.8 Å². The van der Waals surface area contributed by atoms with Crippen molar-refractivity contribution in [3.63, 3.8) is 0 Å². The number of benzene rings is 1. The minimum atomic E-state index is -0.862. The molecule has 0 bridgehead atoms. The number of primary amides is 1. The van der Waals surface area contributed by atoms with Crippen LogP contribution in [-0.4, -0.2) is 24.1 Å². The zero-order valence-electron chi connectivity index (χ0n) is 8.07. The summed E-state index contributed by atoms with van der Waals surface area (Å²) in [6.07, 6.45) is 0. The molecule has 0 atom stereocenters. The highest BCUT2D eigenvalue weighted by molar-refractivity contribution is 6.52. The van der Waals surface area contributed by atoms with E-state index in [2.05, 4.69) is 0 Å². The fraction of sp³-hybridized carbons (Fsp3) is 0.100. The Labute approximate surface area is 89.6 Å². The van der Waals surface area contributed by atoms with Crippen molar-refractivity contribution >= 4 is 23.3 Å². The lowest BCUT2D eigenvalue weighted by Gasteiger charge is -2.13. The molecule has 1 heterocycles. The molecule has 0 fully saturated rings. The third kappa shape index (κ3) is 1.44. The summed E-state index contributed by atoms with van der Waals surface area (Å²) in [7, 11) is 0. The smallest absolute Gasteiger partial charge is 0.299 e. The van der Waals surface area contributed by atoms with Gasteiger partial charge < -0.3 is 5.73 Å². The molecule has 0 saturated carbocycles. The number of nitrogens with zero attached hydrogens (tertiary/aromatic N) is 1. The van der Waals surface area contributed by atoms with Crippen LogP contribution in [0.4, 0.5) is 10.1 Å². The van der Waals surface area contributed by atoms with Crippen molar-refractivity contribution in [1.29, 1.82) is 0 Å². The second-order valence-corrected chi connectivity index (χ2v) is 3.35. The van der Waals surface area contributed by atoms with E-state index >= 15 is 0 Å². The Morgan fingerprint density at radius 1 is 1.38 bits per heavy atom. The zero-order valence-corrected chi connectivity index (χ0v) is 8.07. The normalized spacial score (nSPS) is 14.2. The summed E-state index contributed by atoms with van der Waals surface area (Å²) in [6, 6.07) is 3.35. The lowest BCUT2D eigenvalue weighted by Crippen LogP contribution is -2.37. The average molecular weight is 222 g/mol. The third-order valence-electron chi connectivity index (χ3n) is 2.25. The first kappa shape index (κ1) is 10.3. The van der Waals surface area contributed by atoms with Crippen LogP contribution in [-0.2, 0) is 9.59 Å². The van der Waals surface area contributed by atoms with Gasteiger partial charge in [-0.3, -0.25) is 19.3 Å². The van der Waals surface area contributed by atoms with E-state index in [9.17, 15) is 18.8 Å². The first-order valence-electron chi connectivity index (χ1n) is 4.45. The molecule has 0 aromatic heterocycles. The molecule has 1 aromatic carbocycles. The van der Waals surface area contributed by atoms with Crippen LogP contribution in [0.2, 0.25) is 0 Å². The van der Waals surface area contributed by atoms with Gasteiger partial charge in [0.25, 0.3) is 11.7 Å². The van der Waals surface area contributed by atoms with E-state index < -0.39 is 23.4 Å². The lowest BCUT2D eigenvalue weighted by molar-refractivity contribution is -0.119. The van der Waals surface area contributed by atoms with Gasteiger partial charge in [-0.2, -0.15) is 0 Å². The highest BCUT2D eigenvalue weighted by atomic mass is 19.1. The summed E-state index contributed by atoms with van der Waals surface area (Å²) >= 11 is 0. The van der Waals surface area contributed by atoms with Crippen molar-refractivity contribution in [2.45, 2.75) is 0 Å². The van der Waals surface area contributed by atoms with Gasteiger partial charge in [0, 0.05) is 0 Å². The number of rotatable bonds is 2. The van der Waals surface area contributed by atoms with E-state index in [1.165, 1.54) is 6.07 Å². The largest absolute Gasteiger partial charge is 0.368 e. The van der Waals surface area contributed by atoms with E-state index in [0.717, 1.165) is 17.0 Å². The van der Waals surface area contributed by atoms with Crippen molar-refractivity contribution in [2.75, 3.05) is 11.4 Å². The van der Waals surface area contributed by atoms with Crippen LogP contribution in [0.1, 0.15) is 10.4 Å². The van der Waals surface area contributed by atoms with Gasteiger partial charge in [-0.1, -0.05) is 0 Å². The number of carbonyl (C=O) groups is 3. The van der Waals surface area contributed by atoms with E-state index in [4.69, 9.17) is 5.73 Å². The van der Waals surface area contributed by atoms with Crippen molar-refractivity contribution in [1.82, 2.24) is 0 Å². The van der Waals surface area contributed by atoms with E-state index in [1.54, 1.807) is 0 Å². The predicted molar refractivity (Wildman–Crippen MR) is 52.3 cm³/mol. The molecule has 1 aliphatic heterocycles. The van der Waals surface area contributed by atoms with Gasteiger partial charge in [-0.05, 0) is 18.2 Å². The monoisotopic (exact) mass is 222 g/mol. The number of fused-ring (bicyclic) bond motifs is 1. The number of anilines is 1. The Bertz CT molecular complexity index is 513. The maximum absolute atomic E-state index is 12.9. The van der Waals surface area contributed by atoms with Gasteiger partial charge in [0.15, 0.2) is 0 Å². The number of carbonyl (C=O) groups excluding carboxylic acids is 3. The van der Waals surface area contributed by atoms with E-state index in [1.807, 2.05) is 0 Å².